The van der Waals surface area contributed by atoms with Gasteiger partial charge in [0.1, 0.15) is 11.5 Å². The van der Waals surface area contributed by atoms with Crippen LogP contribution in [0.4, 0.5) is 0 Å². The molecule has 7 nitrogen and oxygen atoms in total. The standard InChI is InChI=1S/C14H21N3O2.CH2O2/c1-12-4-5-14(19-12)10-16(2)9-13-8-15-11-17(13)6-7-18-3;2-1-3/h4-5,8,11H,6-7,9-10H2,1-3H3;1H,(H,2,3). The highest BCUT2D eigenvalue weighted by atomic mass is 16.5. The molecule has 22 heavy (non-hydrogen) atoms. The molecule has 0 spiro atoms. The first-order valence-corrected chi connectivity index (χ1v) is 6.90. The van der Waals surface area contributed by atoms with Gasteiger partial charge in [0.05, 0.1) is 25.2 Å². The Morgan fingerprint density at radius 3 is 2.77 bits per heavy atom. The van der Waals surface area contributed by atoms with Gasteiger partial charge in [-0.2, -0.15) is 0 Å². The summed E-state index contributed by atoms with van der Waals surface area (Å²) < 4.78 is 12.8. The molecule has 0 aliphatic rings. The Labute approximate surface area is 130 Å². The summed E-state index contributed by atoms with van der Waals surface area (Å²) in [6.45, 7) is 4.88. The van der Waals surface area contributed by atoms with Crippen LogP contribution in [0.15, 0.2) is 29.1 Å². The van der Waals surface area contributed by atoms with Gasteiger partial charge in [0.2, 0.25) is 0 Å². The number of hydrogen-bond acceptors (Lipinski definition) is 5. The average Bonchev–Trinajstić information content (AvgIpc) is 3.07. The Balaban J connectivity index is 0.000000745. The van der Waals surface area contributed by atoms with Crippen LogP contribution >= 0.6 is 0 Å². The van der Waals surface area contributed by atoms with Crippen LogP contribution in [0, 0.1) is 6.92 Å². The molecular formula is C15H23N3O4. The second kappa shape index (κ2) is 9.75. The molecule has 0 aliphatic carbocycles. The third kappa shape index (κ3) is 6.11. The highest BCUT2D eigenvalue weighted by Crippen LogP contribution is 2.11. The molecule has 122 valence electrons. The van der Waals surface area contributed by atoms with Crippen molar-refractivity contribution >= 4 is 6.47 Å². The summed E-state index contributed by atoms with van der Waals surface area (Å²) in [7, 11) is 3.79. The maximum absolute atomic E-state index is 8.36. The van der Waals surface area contributed by atoms with Gasteiger partial charge in [0.25, 0.3) is 6.47 Å². The third-order valence-electron chi connectivity index (χ3n) is 2.99. The lowest BCUT2D eigenvalue weighted by molar-refractivity contribution is -0.122. The number of hydrogen-bond donors (Lipinski definition) is 1. The normalized spacial score (nSPS) is 10.4. The molecule has 0 aliphatic heterocycles. The zero-order chi connectivity index (χ0) is 16.4. The van der Waals surface area contributed by atoms with Gasteiger partial charge in [0.15, 0.2) is 0 Å². The number of carbonyl (C=O) groups is 1. The number of methoxy groups -OCH3 is 1. The minimum atomic E-state index is -0.250. The molecule has 2 rings (SSSR count). The molecule has 0 atom stereocenters. The van der Waals surface area contributed by atoms with Gasteiger partial charge in [-0.25, -0.2) is 4.98 Å². The van der Waals surface area contributed by atoms with Crippen molar-refractivity contribution in [3.8, 4) is 0 Å². The molecule has 0 saturated heterocycles. The van der Waals surface area contributed by atoms with E-state index in [0.717, 1.165) is 31.2 Å². The molecule has 2 aromatic rings. The highest BCUT2D eigenvalue weighted by Gasteiger charge is 2.08. The van der Waals surface area contributed by atoms with Gasteiger partial charge in [-0.15, -0.1) is 0 Å². The van der Waals surface area contributed by atoms with Gasteiger partial charge in [-0.3, -0.25) is 9.69 Å². The van der Waals surface area contributed by atoms with Gasteiger partial charge < -0.3 is 18.8 Å². The van der Waals surface area contributed by atoms with Crippen LogP contribution in [0.1, 0.15) is 17.2 Å². The van der Waals surface area contributed by atoms with Crippen molar-refractivity contribution in [3.05, 3.63) is 41.9 Å². The summed E-state index contributed by atoms with van der Waals surface area (Å²) in [5.74, 6) is 1.94. The summed E-state index contributed by atoms with van der Waals surface area (Å²) >= 11 is 0. The fourth-order valence-corrected chi connectivity index (χ4v) is 2.04. The molecule has 0 amide bonds. The summed E-state index contributed by atoms with van der Waals surface area (Å²) in [6, 6.07) is 4.01. The molecule has 2 heterocycles. The summed E-state index contributed by atoms with van der Waals surface area (Å²) in [5.41, 5.74) is 1.18. The molecule has 0 unspecified atom stereocenters. The second-order valence-electron chi connectivity index (χ2n) is 4.86. The van der Waals surface area contributed by atoms with E-state index in [0.29, 0.717) is 6.61 Å². The van der Waals surface area contributed by atoms with E-state index in [1.54, 1.807) is 7.11 Å². The summed E-state index contributed by atoms with van der Waals surface area (Å²) in [4.78, 5) is 14.8. The van der Waals surface area contributed by atoms with Crippen LogP contribution in [0.3, 0.4) is 0 Å². The topological polar surface area (TPSA) is 80.7 Å². The van der Waals surface area contributed by atoms with Crippen LogP contribution < -0.4 is 0 Å². The van der Waals surface area contributed by atoms with Gasteiger partial charge in [0, 0.05) is 26.4 Å². The Morgan fingerprint density at radius 2 is 2.18 bits per heavy atom. The molecule has 2 aromatic heterocycles. The van der Waals surface area contributed by atoms with E-state index in [2.05, 4.69) is 21.5 Å². The number of imidazole rings is 1. The van der Waals surface area contributed by atoms with E-state index in [4.69, 9.17) is 19.1 Å². The van der Waals surface area contributed by atoms with Crippen molar-refractivity contribution in [2.45, 2.75) is 26.6 Å². The minimum absolute atomic E-state index is 0.250. The first-order valence-electron chi connectivity index (χ1n) is 6.90. The zero-order valence-electron chi connectivity index (χ0n) is 13.2. The highest BCUT2D eigenvalue weighted by molar-refractivity contribution is 5.32. The number of ether oxygens (including phenoxy) is 1. The maximum Gasteiger partial charge on any atom is 0.290 e. The first kappa shape index (κ1) is 17.9. The van der Waals surface area contributed by atoms with Gasteiger partial charge >= 0.3 is 0 Å². The second-order valence-corrected chi connectivity index (χ2v) is 4.86. The van der Waals surface area contributed by atoms with Crippen molar-refractivity contribution < 1.29 is 19.1 Å². The van der Waals surface area contributed by atoms with Gasteiger partial charge in [-0.05, 0) is 26.1 Å². The molecular weight excluding hydrogens is 286 g/mol. The summed E-state index contributed by atoms with van der Waals surface area (Å²) in [5, 5.41) is 6.89. The van der Waals surface area contributed by atoms with Crippen molar-refractivity contribution in [2.75, 3.05) is 20.8 Å². The number of aryl methyl sites for hydroxylation is 1. The lowest BCUT2D eigenvalue weighted by atomic mass is 10.3. The number of rotatable bonds is 7. The van der Waals surface area contributed by atoms with Crippen molar-refractivity contribution in [1.29, 1.82) is 0 Å². The van der Waals surface area contributed by atoms with E-state index in [1.807, 2.05) is 31.6 Å². The molecule has 0 saturated carbocycles. The Hall–Kier alpha value is -2.12. The van der Waals surface area contributed by atoms with Crippen LogP contribution in [-0.2, 0) is 29.2 Å². The number of aromatic nitrogens is 2. The Bertz CT molecular complexity index is 550. The van der Waals surface area contributed by atoms with Crippen LogP contribution in [0.2, 0.25) is 0 Å². The monoisotopic (exact) mass is 309 g/mol. The van der Waals surface area contributed by atoms with E-state index in [9.17, 15) is 0 Å². The molecule has 0 radical (unpaired) electrons. The predicted molar refractivity (Wildman–Crippen MR) is 81.4 cm³/mol. The van der Waals surface area contributed by atoms with Crippen LogP contribution in [-0.4, -0.2) is 46.8 Å². The van der Waals surface area contributed by atoms with E-state index in [-0.39, 0.29) is 6.47 Å². The van der Waals surface area contributed by atoms with Crippen molar-refractivity contribution in [3.63, 3.8) is 0 Å². The third-order valence-corrected chi connectivity index (χ3v) is 2.99. The minimum Gasteiger partial charge on any atom is -0.483 e. The van der Waals surface area contributed by atoms with Crippen LogP contribution in [0.25, 0.3) is 0 Å². The molecule has 7 heteroatoms. The fourth-order valence-electron chi connectivity index (χ4n) is 2.04. The quantitative estimate of drug-likeness (QED) is 0.785. The van der Waals surface area contributed by atoms with Crippen molar-refractivity contribution in [2.24, 2.45) is 0 Å². The predicted octanol–water partition coefficient (Wildman–Crippen LogP) is 1.76. The fraction of sp³-hybridized carbons (Fsp3) is 0.467. The number of furan rings is 1. The lowest BCUT2D eigenvalue weighted by Crippen LogP contribution is -2.19. The van der Waals surface area contributed by atoms with Crippen LogP contribution in [0.5, 0.6) is 0 Å². The Kier molecular flexibility index (Phi) is 7.95. The molecule has 0 aromatic carbocycles. The Morgan fingerprint density at radius 1 is 1.45 bits per heavy atom. The number of nitrogens with zero attached hydrogens (tertiary/aromatic N) is 3. The smallest absolute Gasteiger partial charge is 0.290 e. The number of carboxylic acid groups (broad SMARTS) is 1. The molecule has 1 N–H and O–H groups in total. The van der Waals surface area contributed by atoms with E-state index >= 15 is 0 Å². The van der Waals surface area contributed by atoms with E-state index < -0.39 is 0 Å². The maximum atomic E-state index is 8.36. The average molecular weight is 309 g/mol. The van der Waals surface area contributed by atoms with Crippen molar-refractivity contribution in [1.82, 2.24) is 14.5 Å². The first-order chi connectivity index (χ1) is 10.6. The SMILES string of the molecule is COCCn1cncc1CN(C)Cc1ccc(C)o1.O=CO. The lowest BCUT2D eigenvalue weighted by Gasteiger charge is -2.16. The van der Waals surface area contributed by atoms with E-state index in [1.165, 1.54) is 5.69 Å². The largest absolute Gasteiger partial charge is 0.483 e. The van der Waals surface area contributed by atoms with Gasteiger partial charge in [-0.1, -0.05) is 0 Å². The molecule has 0 bridgehead atoms. The summed E-state index contributed by atoms with van der Waals surface area (Å²) in [6.07, 6.45) is 3.75. The zero-order valence-corrected chi connectivity index (χ0v) is 13.2. The molecule has 0 fully saturated rings.